The van der Waals surface area contributed by atoms with Gasteiger partial charge in [0.2, 0.25) is 0 Å². The molecule has 0 atom stereocenters. The molecule has 43 heavy (non-hydrogen) atoms. The molecule has 6 rings (SSSR count). The van der Waals surface area contributed by atoms with Gasteiger partial charge in [-0.15, -0.1) is 11.3 Å². The highest BCUT2D eigenvalue weighted by atomic mass is 79.9. The number of thiazole rings is 1. The summed E-state index contributed by atoms with van der Waals surface area (Å²) < 4.78 is 2.21. The first-order valence-corrected chi connectivity index (χ1v) is 15.2. The van der Waals surface area contributed by atoms with Crippen LogP contribution in [0.5, 0.6) is 0 Å². The molecule has 2 N–H and O–H groups in total. The molecule has 0 unspecified atom stereocenters. The first kappa shape index (κ1) is 28.8. The molecule has 2 aromatic heterocycles. The Morgan fingerprint density at radius 2 is 1.63 bits per heavy atom. The van der Waals surface area contributed by atoms with Gasteiger partial charge in [-0.2, -0.15) is 0 Å². The predicted molar refractivity (Wildman–Crippen MR) is 176 cm³/mol. The molecule has 0 spiro atoms. The van der Waals surface area contributed by atoms with Gasteiger partial charge in [0.25, 0.3) is 11.2 Å². The third kappa shape index (κ3) is 5.98. The average molecular weight is 694 g/mol. The van der Waals surface area contributed by atoms with Crippen LogP contribution in [0.4, 0.5) is 28.6 Å². The van der Waals surface area contributed by atoms with E-state index in [2.05, 4.69) is 31.5 Å². The second-order valence-electron chi connectivity index (χ2n) is 9.30. The first-order chi connectivity index (χ1) is 20.8. The molecule has 0 fully saturated rings. The number of nitro benzene ring substituents is 1. The van der Waals surface area contributed by atoms with Crippen molar-refractivity contribution >= 4 is 89.9 Å². The van der Waals surface area contributed by atoms with E-state index in [1.807, 2.05) is 30.3 Å². The van der Waals surface area contributed by atoms with Gasteiger partial charge in [-0.05, 0) is 48.0 Å². The molecule has 6 aromatic rings. The van der Waals surface area contributed by atoms with Crippen LogP contribution < -0.4 is 16.2 Å². The normalized spacial score (nSPS) is 11.0. The predicted octanol–water partition coefficient (Wildman–Crippen LogP) is 8.90. The Hall–Kier alpha value is -4.29. The quantitative estimate of drug-likeness (QED) is 0.121. The van der Waals surface area contributed by atoms with Crippen LogP contribution in [0, 0.1) is 10.1 Å². The fraction of sp³-hybridized carbons (Fsp3) is 0.0333. The average Bonchev–Trinajstić information content (AvgIpc) is 3.44. The van der Waals surface area contributed by atoms with Gasteiger partial charge in [-0.25, -0.2) is 14.5 Å². The number of nitrogens with one attached hydrogen (secondary N) is 2. The van der Waals surface area contributed by atoms with Crippen molar-refractivity contribution in [2.45, 2.75) is 6.42 Å². The second kappa shape index (κ2) is 12.1. The Balaban J connectivity index is 1.44. The summed E-state index contributed by atoms with van der Waals surface area (Å²) >= 11 is 17.5. The van der Waals surface area contributed by atoms with Gasteiger partial charge in [0.1, 0.15) is 17.3 Å². The van der Waals surface area contributed by atoms with Gasteiger partial charge in [0.15, 0.2) is 5.13 Å². The number of anilines is 4. The number of rotatable bonds is 8. The molecule has 0 bridgehead atoms. The minimum Gasteiger partial charge on any atom is -0.353 e. The third-order valence-electron chi connectivity index (χ3n) is 6.53. The zero-order valence-corrected chi connectivity index (χ0v) is 25.8. The van der Waals surface area contributed by atoms with Crippen molar-refractivity contribution in [2.24, 2.45) is 0 Å². The van der Waals surface area contributed by atoms with Crippen LogP contribution in [0.1, 0.15) is 11.4 Å². The van der Waals surface area contributed by atoms with Gasteiger partial charge >= 0.3 is 0 Å². The number of benzene rings is 4. The third-order valence-corrected chi connectivity index (χ3v) is 8.48. The second-order valence-corrected chi connectivity index (χ2v) is 11.9. The Morgan fingerprint density at radius 1 is 0.907 bits per heavy atom. The first-order valence-electron chi connectivity index (χ1n) is 12.7. The van der Waals surface area contributed by atoms with Crippen molar-refractivity contribution in [1.29, 1.82) is 0 Å². The van der Waals surface area contributed by atoms with E-state index in [0.29, 0.717) is 43.4 Å². The maximum absolute atomic E-state index is 14.0. The molecule has 4 aromatic carbocycles. The maximum Gasteiger partial charge on any atom is 0.292 e. The van der Waals surface area contributed by atoms with E-state index < -0.39 is 4.92 Å². The largest absolute Gasteiger partial charge is 0.353 e. The van der Waals surface area contributed by atoms with Crippen molar-refractivity contribution < 1.29 is 4.92 Å². The van der Waals surface area contributed by atoms with E-state index in [1.54, 1.807) is 53.9 Å². The highest BCUT2D eigenvalue weighted by Crippen LogP contribution is 2.34. The summed E-state index contributed by atoms with van der Waals surface area (Å²) in [6.45, 7) is 0. The summed E-state index contributed by atoms with van der Waals surface area (Å²) in [7, 11) is 0. The van der Waals surface area contributed by atoms with E-state index >= 15 is 0 Å². The molecular formula is C30H19BrCl2N6O3S. The molecule has 9 nitrogen and oxygen atoms in total. The number of fused-ring (bicyclic) bond motifs is 1. The van der Waals surface area contributed by atoms with Crippen molar-refractivity contribution in [3.63, 3.8) is 0 Å². The van der Waals surface area contributed by atoms with E-state index in [0.717, 1.165) is 15.7 Å². The molecule has 0 aliphatic heterocycles. The molecule has 0 saturated carbocycles. The van der Waals surface area contributed by atoms with Crippen molar-refractivity contribution in [3.8, 4) is 5.13 Å². The van der Waals surface area contributed by atoms with E-state index in [-0.39, 0.29) is 23.4 Å². The Morgan fingerprint density at radius 3 is 2.40 bits per heavy atom. The van der Waals surface area contributed by atoms with Crippen molar-refractivity contribution in [1.82, 2.24) is 14.5 Å². The number of nitrogens with zero attached hydrogens (tertiary/aromatic N) is 4. The van der Waals surface area contributed by atoms with Crippen molar-refractivity contribution in [2.75, 3.05) is 10.6 Å². The van der Waals surface area contributed by atoms with E-state index in [1.165, 1.54) is 22.0 Å². The molecule has 0 aliphatic carbocycles. The number of hydrogen-bond donors (Lipinski definition) is 2. The summed E-state index contributed by atoms with van der Waals surface area (Å²) in [5, 5.41) is 21.2. The topological polar surface area (TPSA) is 115 Å². The van der Waals surface area contributed by atoms with E-state index in [9.17, 15) is 14.9 Å². The SMILES string of the molecule is O=c1c2cc(Br)ccc2nc(Cc2ccccc2Nc2c(Cl)cccc2Cl)n1-c1nc(Nc2ccccc2[N+](=O)[O-])cs1. The lowest BCUT2D eigenvalue weighted by atomic mass is 10.1. The van der Waals surface area contributed by atoms with Crippen LogP contribution >= 0.6 is 50.5 Å². The minimum atomic E-state index is -0.468. The van der Waals surface area contributed by atoms with Crippen LogP contribution in [-0.2, 0) is 6.42 Å². The van der Waals surface area contributed by atoms with Gasteiger partial charge in [-0.1, -0.05) is 75.5 Å². The van der Waals surface area contributed by atoms with Gasteiger partial charge in [0.05, 0.1) is 31.6 Å². The Kier molecular flexibility index (Phi) is 8.13. The van der Waals surface area contributed by atoms with E-state index in [4.69, 9.17) is 28.2 Å². The van der Waals surface area contributed by atoms with Crippen LogP contribution in [0.15, 0.2) is 99.6 Å². The standard InChI is InChI=1S/C30H19BrCl2N6O3S/c31-18-12-13-23-19(15-18)29(40)38(30-37-26(16-43-30)34-24-10-3-4-11-25(24)39(41)42)27(35-23)14-17-6-1-2-9-22(17)36-28-20(32)7-5-8-21(28)33/h1-13,15-16,34,36H,14H2. The van der Waals surface area contributed by atoms with Gasteiger partial charge in [0, 0.05) is 28.0 Å². The lowest BCUT2D eigenvalue weighted by Gasteiger charge is -2.16. The number of hydrogen-bond acceptors (Lipinski definition) is 8. The monoisotopic (exact) mass is 692 g/mol. The summed E-state index contributed by atoms with van der Waals surface area (Å²) in [6.07, 6.45) is 0.263. The minimum absolute atomic E-state index is 0.0881. The number of halogens is 3. The molecule has 13 heteroatoms. The molecule has 214 valence electrons. The molecular weight excluding hydrogens is 675 g/mol. The van der Waals surface area contributed by atoms with Crippen LogP contribution in [0.3, 0.4) is 0 Å². The molecule has 0 aliphatic rings. The lowest BCUT2D eigenvalue weighted by Crippen LogP contribution is -2.24. The lowest BCUT2D eigenvalue weighted by molar-refractivity contribution is -0.383. The fourth-order valence-corrected chi connectivity index (χ4v) is 6.17. The summed E-state index contributed by atoms with van der Waals surface area (Å²) in [6, 6.07) is 24.5. The smallest absolute Gasteiger partial charge is 0.292 e. The zero-order valence-electron chi connectivity index (χ0n) is 21.9. The summed E-state index contributed by atoms with van der Waals surface area (Å²) in [4.78, 5) is 34.5. The zero-order chi connectivity index (χ0) is 30.1. The van der Waals surface area contributed by atoms with Gasteiger partial charge in [-0.3, -0.25) is 14.9 Å². The Bertz CT molecular complexity index is 2060. The van der Waals surface area contributed by atoms with Crippen LogP contribution in [0.25, 0.3) is 16.0 Å². The fourth-order valence-electron chi connectivity index (χ4n) is 4.54. The van der Waals surface area contributed by atoms with Crippen molar-refractivity contribution in [3.05, 3.63) is 137 Å². The highest BCUT2D eigenvalue weighted by molar-refractivity contribution is 9.10. The Labute approximate surface area is 267 Å². The number of aromatic nitrogens is 3. The molecule has 0 radical (unpaired) electrons. The summed E-state index contributed by atoms with van der Waals surface area (Å²) in [5.41, 5.74) is 2.59. The number of para-hydroxylation sites is 4. The highest BCUT2D eigenvalue weighted by Gasteiger charge is 2.19. The molecule has 2 heterocycles. The summed E-state index contributed by atoms with van der Waals surface area (Å²) in [5.74, 6) is 0.808. The maximum atomic E-state index is 14.0. The van der Waals surface area contributed by atoms with Crippen LogP contribution in [-0.4, -0.2) is 19.5 Å². The number of nitro groups is 1. The van der Waals surface area contributed by atoms with Gasteiger partial charge < -0.3 is 10.6 Å². The molecule has 0 amide bonds. The van der Waals surface area contributed by atoms with Crippen LogP contribution in [0.2, 0.25) is 10.0 Å². The molecule has 0 saturated heterocycles.